The Morgan fingerprint density at radius 2 is 2.08 bits per heavy atom. The van der Waals surface area contributed by atoms with E-state index in [-0.39, 0.29) is 19.8 Å². The van der Waals surface area contributed by atoms with Crippen LogP contribution in [-0.2, 0) is 11.2 Å². The molecule has 1 aliphatic rings. The summed E-state index contributed by atoms with van der Waals surface area (Å²) in [6.45, 7) is 8.76. The van der Waals surface area contributed by atoms with Gasteiger partial charge in [0.1, 0.15) is 5.75 Å². The average molecular weight is 337 g/mol. The van der Waals surface area contributed by atoms with E-state index in [0.717, 1.165) is 22.4 Å². The van der Waals surface area contributed by atoms with Crippen LogP contribution in [0.5, 0.6) is 5.75 Å². The number of hydrogen-bond acceptors (Lipinski definition) is 2. The lowest BCUT2D eigenvalue weighted by molar-refractivity contribution is -0.122. The van der Waals surface area contributed by atoms with E-state index in [1.165, 1.54) is 0 Å². The molecule has 0 radical (unpaired) electrons. The van der Waals surface area contributed by atoms with Crippen LogP contribution in [0.15, 0.2) is 36.9 Å². The summed E-state index contributed by atoms with van der Waals surface area (Å²) in [5.74, 6) is 0.0685. The molecule has 128 valence electrons. The molecule has 1 aliphatic heterocycles. The highest BCUT2D eigenvalue weighted by Gasteiger charge is 2.32. The smallest absolute Gasteiger partial charge is 0.412 e. The number of alkyl halides is 3. The predicted molar refractivity (Wildman–Crippen MR) is 89.0 cm³/mol. The minimum absolute atomic E-state index is 0.243. The van der Waals surface area contributed by atoms with Crippen LogP contribution in [0.1, 0.15) is 30.9 Å². The van der Waals surface area contributed by atoms with E-state index < -0.39 is 24.1 Å². The first-order chi connectivity index (χ1) is 11.2. The fourth-order valence-corrected chi connectivity index (χ4v) is 2.56. The molecule has 0 bridgehead atoms. The van der Waals surface area contributed by atoms with Crippen molar-refractivity contribution in [1.29, 1.82) is 0 Å². The van der Waals surface area contributed by atoms with Gasteiger partial charge in [-0.1, -0.05) is 31.4 Å². The Morgan fingerprint density at radius 3 is 2.71 bits per heavy atom. The second-order valence-corrected chi connectivity index (χ2v) is 5.96. The van der Waals surface area contributed by atoms with Gasteiger partial charge in [-0.25, -0.2) is 0 Å². The van der Waals surface area contributed by atoms with Gasteiger partial charge in [0.05, 0.1) is 0 Å². The Morgan fingerprint density at radius 1 is 1.38 bits per heavy atom. The summed E-state index contributed by atoms with van der Waals surface area (Å²) in [5, 5.41) is 2.72. The van der Waals surface area contributed by atoms with Crippen molar-refractivity contribution >= 4 is 19.0 Å². The van der Waals surface area contributed by atoms with E-state index in [4.69, 9.17) is 4.65 Å². The van der Waals surface area contributed by atoms with Gasteiger partial charge in [0.25, 0.3) is 0 Å². The van der Waals surface area contributed by atoms with Crippen LogP contribution in [0, 0.1) is 0 Å². The highest BCUT2D eigenvalue weighted by Crippen LogP contribution is 2.32. The zero-order chi connectivity index (χ0) is 17.9. The molecule has 7 heteroatoms. The van der Waals surface area contributed by atoms with E-state index in [1.807, 2.05) is 25.1 Å². The molecule has 1 atom stereocenters. The number of benzene rings is 1. The minimum Gasteiger partial charge on any atom is -0.561 e. The second kappa shape index (κ2) is 7.15. The quantitative estimate of drug-likeness (QED) is 0.661. The van der Waals surface area contributed by atoms with Crippen LogP contribution in [-0.4, -0.2) is 25.5 Å². The molecule has 3 nitrogen and oxygen atoms in total. The predicted octanol–water partition coefficient (Wildman–Crippen LogP) is 3.35. The van der Waals surface area contributed by atoms with Crippen molar-refractivity contribution < 1.29 is 22.6 Å². The molecular formula is C17H19BF3NO2. The molecule has 0 spiro atoms. The topological polar surface area (TPSA) is 38.3 Å². The lowest BCUT2D eigenvalue weighted by Gasteiger charge is -2.27. The summed E-state index contributed by atoms with van der Waals surface area (Å²) >= 11 is 0. The molecule has 1 aromatic rings. The fraction of sp³-hybridized carbons (Fsp3) is 0.353. The lowest BCUT2D eigenvalue weighted by Crippen LogP contribution is -2.45. The molecule has 1 amide bonds. The normalized spacial score (nSPS) is 16.4. The standard InChI is InChI=1S/C17H19BF3NO2/c1-10(2)13-6-4-5-12-9-14(18-24-16(12)13)22-15(23)8-7-11(3)17(19,20)21/h4-6,14,18H,1,3,7-9H2,2H3,(H,22,23). The third-order valence-corrected chi connectivity index (χ3v) is 3.87. The molecule has 0 saturated carbocycles. The van der Waals surface area contributed by atoms with E-state index in [0.29, 0.717) is 6.42 Å². The molecule has 1 N–H and O–H groups in total. The fourth-order valence-electron chi connectivity index (χ4n) is 2.56. The van der Waals surface area contributed by atoms with E-state index in [1.54, 1.807) is 0 Å². The number of carbonyl (C=O) groups is 1. The maximum atomic E-state index is 12.4. The number of halogens is 3. The molecule has 0 fully saturated rings. The van der Waals surface area contributed by atoms with E-state index >= 15 is 0 Å². The zero-order valence-corrected chi connectivity index (χ0v) is 13.5. The molecule has 2 rings (SSSR count). The minimum atomic E-state index is -4.45. The third kappa shape index (κ3) is 4.43. The van der Waals surface area contributed by atoms with Crippen molar-refractivity contribution in [3.05, 3.63) is 48.1 Å². The van der Waals surface area contributed by atoms with Gasteiger partial charge >= 0.3 is 13.7 Å². The van der Waals surface area contributed by atoms with E-state index in [9.17, 15) is 18.0 Å². The highest BCUT2D eigenvalue weighted by molar-refractivity contribution is 6.32. The number of fused-ring (bicyclic) bond motifs is 1. The molecule has 0 aliphatic carbocycles. The van der Waals surface area contributed by atoms with Crippen LogP contribution >= 0.6 is 0 Å². The van der Waals surface area contributed by atoms with Gasteiger partial charge in [0.15, 0.2) is 0 Å². The lowest BCUT2D eigenvalue weighted by atomic mass is 9.78. The van der Waals surface area contributed by atoms with Crippen LogP contribution < -0.4 is 9.97 Å². The molecule has 1 heterocycles. The van der Waals surface area contributed by atoms with Gasteiger partial charge in [-0.3, -0.25) is 4.79 Å². The van der Waals surface area contributed by atoms with E-state index in [2.05, 4.69) is 18.5 Å². The zero-order valence-electron chi connectivity index (χ0n) is 13.5. The number of nitrogens with one attached hydrogen (secondary N) is 1. The van der Waals surface area contributed by atoms with Crippen molar-refractivity contribution in [1.82, 2.24) is 5.32 Å². The van der Waals surface area contributed by atoms with Gasteiger partial charge in [-0.15, -0.1) is 0 Å². The number of carbonyl (C=O) groups excluding carboxylic acids is 1. The Hall–Kier alpha value is -2.18. The van der Waals surface area contributed by atoms with Gasteiger partial charge in [0, 0.05) is 23.5 Å². The number of rotatable bonds is 5. The monoisotopic (exact) mass is 337 g/mol. The first-order valence-electron chi connectivity index (χ1n) is 7.63. The summed E-state index contributed by atoms with van der Waals surface area (Å²) in [7, 11) is 0.281. The van der Waals surface area contributed by atoms with Gasteiger partial charge in [-0.2, -0.15) is 13.2 Å². The first kappa shape index (κ1) is 18.2. The van der Waals surface area contributed by atoms with Crippen molar-refractivity contribution in [2.75, 3.05) is 0 Å². The largest absolute Gasteiger partial charge is 0.561 e. The van der Waals surface area contributed by atoms with Crippen molar-refractivity contribution in [2.45, 2.75) is 38.3 Å². The van der Waals surface area contributed by atoms with Crippen LogP contribution in [0.2, 0.25) is 0 Å². The molecule has 1 aromatic carbocycles. The Balaban J connectivity index is 1.92. The summed E-state index contributed by atoms with van der Waals surface area (Å²) in [4.78, 5) is 11.8. The number of amides is 1. The summed E-state index contributed by atoms with van der Waals surface area (Å²) in [5.41, 5.74) is 1.87. The van der Waals surface area contributed by atoms with Crippen LogP contribution in [0.4, 0.5) is 13.2 Å². The van der Waals surface area contributed by atoms with Crippen LogP contribution in [0.25, 0.3) is 5.57 Å². The molecular weight excluding hydrogens is 318 g/mol. The van der Waals surface area contributed by atoms with Crippen molar-refractivity contribution in [3.63, 3.8) is 0 Å². The number of allylic oxidation sites excluding steroid dienone is 2. The second-order valence-electron chi connectivity index (χ2n) is 5.96. The summed E-state index contributed by atoms with van der Waals surface area (Å²) in [6.07, 6.45) is -4.53. The van der Waals surface area contributed by atoms with Crippen molar-refractivity contribution in [2.24, 2.45) is 0 Å². The maximum absolute atomic E-state index is 12.4. The number of para-hydroxylation sites is 1. The van der Waals surface area contributed by atoms with Crippen molar-refractivity contribution in [3.8, 4) is 5.75 Å². The third-order valence-electron chi connectivity index (χ3n) is 3.87. The van der Waals surface area contributed by atoms with Crippen LogP contribution in [0.3, 0.4) is 0 Å². The van der Waals surface area contributed by atoms with Gasteiger partial charge in [0.2, 0.25) is 5.91 Å². The van der Waals surface area contributed by atoms with Gasteiger partial charge in [-0.05, 0) is 30.9 Å². The molecule has 24 heavy (non-hydrogen) atoms. The summed E-state index contributed by atoms with van der Waals surface area (Å²) in [6, 6.07) is 5.72. The average Bonchev–Trinajstić information content (AvgIpc) is 2.50. The SMILES string of the molecule is C=C(C)c1cccc2c1OBC(NC(=O)CCC(=C)C(F)(F)F)C2. The maximum Gasteiger partial charge on any atom is 0.412 e. The molecule has 1 unspecified atom stereocenters. The summed E-state index contributed by atoms with van der Waals surface area (Å²) < 4.78 is 42.8. The van der Waals surface area contributed by atoms with Gasteiger partial charge < -0.3 is 9.97 Å². The highest BCUT2D eigenvalue weighted by atomic mass is 19.4. The Kier molecular flexibility index (Phi) is 5.42. The Bertz CT molecular complexity index is 670. The Labute approximate surface area is 139 Å². The molecule has 0 aromatic heterocycles. The number of hydrogen-bond donors (Lipinski definition) is 1. The first-order valence-corrected chi connectivity index (χ1v) is 7.63. The molecule has 0 saturated heterocycles.